The highest BCUT2D eigenvalue weighted by atomic mass is 16.1. The molecule has 0 spiro atoms. The Kier molecular flexibility index (Phi) is 5.40. The number of amides is 1. The van der Waals surface area contributed by atoms with Gasteiger partial charge in [-0.05, 0) is 44.7 Å². The van der Waals surface area contributed by atoms with Crippen molar-refractivity contribution in [2.24, 2.45) is 5.92 Å². The molecule has 0 aromatic heterocycles. The molecule has 1 aromatic rings. The molecule has 1 fully saturated rings. The highest BCUT2D eigenvalue weighted by Crippen LogP contribution is 2.11. The van der Waals surface area contributed by atoms with Gasteiger partial charge in [0.2, 0.25) is 5.91 Å². The van der Waals surface area contributed by atoms with E-state index in [2.05, 4.69) is 41.8 Å². The molecule has 1 aliphatic heterocycles. The van der Waals surface area contributed by atoms with Crippen molar-refractivity contribution in [3.05, 3.63) is 35.9 Å². The van der Waals surface area contributed by atoms with Crippen molar-refractivity contribution >= 4 is 5.91 Å². The van der Waals surface area contributed by atoms with E-state index < -0.39 is 0 Å². The first kappa shape index (κ1) is 14.1. The SMILES string of the molecule is CC(CCc1ccccc1)NC(=O)[C@@H]1CCCNC1. The molecule has 2 atom stereocenters. The maximum atomic E-state index is 12.1. The summed E-state index contributed by atoms with van der Waals surface area (Å²) in [5.74, 6) is 0.376. The van der Waals surface area contributed by atoms with Crippen LogP contribution in [-0.4, -0.2) is 25.0 Å². The van der Waals surface area contributed by atoms with Crippen molar-refractivity contribution in [3.8, 4) is 0 Å². The quantitative estimate of drug-likeness (QED) is 0.851. The van der Waals surface area contributed by atoms with E-state index in [0.717, 1.165) is 38.8 Å². The van der Waals surface area contributed by atoms with Crippen molar-refractivity contribution in [3.63, 3.8) is 0 Å². The molecule has 0 bridgehead atoms. The molecule has 19 heavy (non-hydrogen) atoms. The molecule has 0 aliphatic carbocycles. The maximum absolute atomic E-state index is 12.1. The first-order valence-electron chi connectivity index (χ1n) is 7.30. The van der Waals surface area contributed by atoms with Gasteiger partial charge in [0.25, 0.3) is 0 Å². The number of rotatable bonds is 5. The topological polar surface area (TPSA) is 41.1 Å². The molecule has 1 saturated heterocycles. The van der Waals surface area contributed by atoms with Crippen LogP contribution in [-0.2, 0) is 11.2 Å². The summed E-state index contributed by atoms with van der Waals surface area (Å²) >= 11 is 0. The largest absolute Gasteiger partial charge is 0.353 e. The number of hydrogen-bond acceptors (Lipinski definition) is 2. The monoisotopic (exact) mass is 260 g/mol. The van der Waals surface area contributed by atoms with Crippen molar-refractivity contribution in [1.29, 1.82) is 0 Å². The second-order valence-electron chi connectivity index (χ2n) is 5.48. The standard InChI is InChI=1S/C16H24N2O/c1-13(9-10-14-6-3-2-4-7-14)18-16(19)15-8-5-11-17-12-15/h2-4,6-7,13,15,17H,5,8-12H2,1H3,(H,18,19)/t13?,15-/m1/s1. The molecule has 0 radical (unpaired) electrons. The van der Waals surface area contributed by atoms with E-state index in [1.165, 1.54) is 5.56 Å². The van der Waals surface area contributed by atoms with Gasteiger partial charge in [-0.15, -0.1) is 0 Å². The minimum Gasteiger partial charge on any atom is -0.353 e. The van der Waals surface area contributed by atoms with Crippen LogP contribution in [0.5, 0.6) is 0 Å². The highest BCUT2D eigenvalue weighted by Gasteiger charge is 2.21. The van der Waals surface area contributed by atoms with Crippen LogP contribution in [0.2, 0.25) is 0 Å². The number of piperidine rings is 1. The first-order valence-corrected chi connectivity index (χ1v) is 7.30. The molecule has 1 unspecified atom stereocenters. The van der Waals surface area contributed by atoms with Crippen molar-refractivity contribution in [2.45, 2.75) is 38.6 Å². The van der Waals surface area contributed by atoms with Crippen LogP contribution < -0.4 is 10.6 Å². The van der Waals surface area contributed by atoms with Gasteiger partial charge >= 0.3 is 0 Å². The fourth-order valence-corrected chi connectivity index (χ4v) is 2.54. The third-order valence-electron chi connectivity index (χ3n) is 3.77. The lowest BCUT2D eigenvalue weighted by Gasteiger charge is -2.24. The number of nitrogens with one attached hydrogen (secondary N) is 2. The molecule has 1 amide bonds. The Balaban J connectivity index is 1.71. The molecule has 3 nitrogen and oxygen atoms in total. The lowest BCUT2D eigenvalue weighted by atomic mass is 9.98. The summed E-state index contributed by atoms with van der Waals surface area (Å²) in [6, 6.07) is 10.7. The van der Waals surface area contributed by atoms with Crippen molar-refractivity contribution in [1.82, 2.24) is 10.6 Å². The Bertz CT molecular complexity index is 385. The van der Waals surface area contributed by atoms with E-state index in [9.17, 15) is 4.79 Å². The Morgan fingerprint density at radius 2 is 2.21 bits per heavy atom. The lowest BCUT2D eigenvalue weighted by molar-refractivity contribution is -0.126. The Hall–Kier alpha value is -1.35. The van der Waals surface area contributed by atoms with Crippen LogP contribution in [0.3, 0.4) is 0 Å². The summed E-state index contributed by atoms with van der Waals surface area (Å²) < 4.78 is 0. The van der Waals surface area contributed by atoms with Crippen molar-refractivity contribution in [2.75, 3.05) is 13.1 Å². The van der Waals surface area contributed by atoms with Crippen molar-refractivity contribution < 1.29 is 4.79 Å². The molecule has 0 saturated carbocycles. The van der Waals surface area contributed by atoms with Crippen LogP contribution in [0.4, 0.5) is 0 Å². The van der Waals surface area contributed by atoms with Crippen LogP contribution in [0.25, 0.3) is 0 Å². The molecular weight excluding hydrogens is 236 g/mol. The average Bonchev–Trinajstić information content (AvgIpc) is 2.47. The van der Waals surface area contributed by atoms with Crippen LogP contribution in [0.15, 0.2) is 30.3 Å². The van der Waals surface area contributed by atoms with Gasteiger partial charge in [-0.3, -0.25) is 4.79 Å². The normalized spacial score (nSPS) is 20.8. The number of aryl methyl sites for hydroxylation is 1. The Morgan fingerprint density at radius 1 is 1.42 bits per heavy atom. The zero-order chi connectivity index (χ0) is 13.5. The molecule has 3 heteroatoms. The number of benzene rings is 1. The third kappa shape index (κ3) is 4.67. The van der Waals surface area contributed by atoms with Gasteiger partial charge in [0.15, 0.2) is 0 Å². The summed E-state index contributed by atoms with van der Waals surface area (Å²) in [7, 11) is 0. The first-order chi connectivity index (χ1) is 9.25. The van der Waals surface area contributed by atoms with E-state index in [1.54, 1.807) is 0 Å². The summed E-state index contributed by atoms with van der Waals surface area (Å²) in [4.78, 5) is 12.1. The third-order valence-corrected chi connectivity index (χ3v) is 3.77. The van der Waals surface area contributed by atoms with Gasteiger partial charge in [0, 0.05) is 12.6 Å². The molecule has 1 aromatic carbocycles. The zero-order valence-electron chi connectivity index (χ0n) is 11.7. The van der Waals surface area contributed by atoms with Gasteiger partial charge in [-0.1, -0.05) is 30.3 Å². The van der Waals surface area contributed by atoms with Crippen LogP contribution in [0.1, 0.15) is 31.7 Å². The van der Waals surface area contributed by atoms with E-state index in [1.807, 2.05) is 6.07 Å². The number of carbonyl (C=O) groups is 1. The van der Waals surface area contributed by atoms with Gasteiger partial charge in [0.05, 0.1) is 5.92 Å². The zero-order valence-corrected chi connectivity index (χ0v) is 11.7. The molecule has 2 N–H and O–H groups in total. The van der Waals surface area contributed by atoms with Crippen LogP contribution >= 0.6 is 0 Å². The fourth-order valence-electron chi connectivity index (χ4n) is 2.54. The lowest BCUT2D eigenvalue weighted by Crippen LogP contribution is -2.43. The van der Waals surface area contributed by atoms with Gasteiger partial charge in [0.1, 0.15) is 0 Å². The van der Waals surface area contributed by atoms with Gasteiger partial charge < -0.3 is 10.6 Å². The molecule has 2 rings (SSSR count). The fraction of sp³-hybridized carbons (Fsp3) is 0.562. The second kappa shape index (κ2) is 7.29. The Morgan fingerprint density at radius 3 is 2.89 bits per heavy atom. The van der Waals surface area contributed by atoms with E-state index >= 15 is 0 Å². The summed E-state index contributed by atoms with van der Waals surface area (Å²) in [6.07, 6.45) is 4.14. The molecular formula is C16H24N2O. The van der Waals surface area contributed by atoms with Crippen LogP contribution in [0, 0.1) is 5.92 Å². The van der Waals surface area contributed by atoms with E-state index in [0.29, 0.717) is 0 Å². The smallest absolute Gasteiger partial charge is 0.224 e. The summed E-state index contributed by atoms with van der Waals surface area (Å²) in [5.41, 5.74) is 1.34. The number of carbonyl (C=O) groups excluding carboxylic acids is 1. The second-order valence-corrected chi connectivity index (χ2v) is 5.48. The highest BCUT2D eigenvalue weighted by molar-refractivity contribution is 5.79. The predicted molar refractivity (Wildman–Crippen MR) is 78.0 cm³/mol. The maximum Gasteiger partial charge on any atom is 0.224 e. The van der Waals surface area contributed by atoms with E-state index in [-0.39, 0.29) is 17.9 Å². The molecule has 1 heterocycles. The van der Waals surface area contributed by atoms with E-state index in [4.69, 9.17) is 0 Å². The van der Waals surface area contributed by atoms with Gasteiger partial charge in [-0.25, -0.2) is 0 Å². The molecule has 1 aliphatic rings. The van der Waals surface area contributed by atoms with Gasteiger partial charge in [-0.2, -0.15) is 0 Å². The Labute approximate surface area is 115 Å². The molecule has 104 valence electrons. The minimum absolute atomic E-state index is 0.160. The predicted octanol–water partition coefficient (Wildman–Crippen LogP) is 2.12. The average molecular weight is 260 g/mol. The summed E-state index contributed by atoms with van der Waals surface area (Å²) in [5, 5.41) is 6.43. The summed E-state index contributed by atoms with van der Waals surface area (Å²) in [6.45, 7) is 3.97. The minimum atomic E-state index is 0.160. The number of hydrogen-bond donors (Lipinski definition) is 2.